The number of ether oxygens (including phenoxy) is 1. The second-order valence-corrected chi connectivity index (χ2v) is 17.7. The van der Waals surface area contributed by atoms with Gasteiger partial charge in [0.15, 0.2) is 0 Å². The van der Waals surface area contributed by atoms with Crippen molar-refractivity contribution in [2.75, 3.05) is 6.61 Å². The van der Waals surface area contributed by atoms with Gasteiger partial charge < -0.3 is 20.3 Å². The first-order valence-electron chi connectivity index (χ1n) is 26.4. The summed E-state index contributed by atoms with van der Waals surface area (Å²) in [5.74, 6) is -0.524. The number of hydrogen-bond donors (Lipinski definition) is 3. The molecule has 0 heterocycles. The van der Waals surface area contributed by atoms with Crippen LogP contribution in [0.3, 0.4) is 0 Å². The maximum atomic E-state index is 13.2. The molecule has 0 fully saturated rings. The lowest BCUT2D eigenvalue weighted by molar-refractivity contribution is -0.151. The van der Waals surface area contributed by atoms with Crippen molar-refractivity contribution in [2.24, 2.45) is 0 Å². The number of nitrogens with one attached hydrogen (secondary N) is 1. The molecule has 1 amide bonds. The van der Waals surface area contributed by atoms with Crippen molar-refractivity contribution in [3.05, 3.63) is 85.1 Å². The van der Waals surface area contributed by atoms with Crippen molar-refractivity contribution >= 4 is 11.9 Å². The van der Waals surface area contributed by atoms with Crippen molar-refractivity contribution in [1.82, 2.24) is 5.32 Å². The zero-order valence-electron chi connectivity index (χ0n) is 41.2. The van der Waals surface area contributed by atoms with E-state index in [1.54, 1.807) is 0 Å². The van der Waals surface area contributed by atoms with Gasteiger partial charge in [0.05, 0.1) is 25.2 Å². The predicted molar refractivity (Wildman–Crippen MR) is 273 cm³/mol. The van der Waals surface area contributed by atoms with E-state index in [1.807, 2.05) is 36.5 Å². The smallest absolute Gasteiger partial charge is 0.306 e. The summed E-state index contributed by atoms with van der Waals surface area (Å²) in [7, 11) is 0. The fourth-order valence-corrected chi connectivity index (χ4v) is 7.55. The van der Waals surface area contributed by atoms with Crippen LogP contribution in [0, 0.1) is 0 Å². The van der Waals surface area contributed by atoms with Gasteiger partial charge in [0.25, 0.3) is 0 Å². The van der Waals surface area contributed by atoms with Crippen LogP contribution < -0.4 is 5.32 Å². The summed E-state index contributed by atoms with van der Waals surface area (Å²) < 4.78 is 5.92. The highest BCUT2D eigenvalue weighted by molar-refractivity contribution is 5.77. The van der Waals surface area contributed by atoms with E-state index in [0.29, 0.717) is 19.3 Å². The summed E-state index contributed by atoms with van der Waals surface area (Å²) in [6.45, 7) is 6.34. The molecule has 0 radical (unpaired) electrons. The maximum absolute atomic E-state index is 13.2. The van der Waals surface area contributed by atoms with Gasteiger partial charge in [0.2, 0.25) is 5.91 Å². The molecule has 0 spiro atoms. The van der Waals surface area contributed by atoms with Crippen LogP contribution in [0.5, 0.6) is 0 Å². The summed E-state index contributed by atoms with van der Waals surface area (Å²) in [6.07, 6.45) is 65.0. The molecule has 0 aromatic heterocycles. The van der Waals surface area contributed by atoms with Gasteiger partial charge in [-0.15, -0.1) is 0 Å². The standard InChI is InChI=1S/C57H99NO5/c1-4-7-10-13-16-19-21-23-25-27-28-29-31-33-35-38-41-44-47-50-57(62)63-53(48-45-42-39-37-34-32-30-26-24-22-20-17-14-11-8-5-2)51-56(61)58-54(52-59)55(60)49-46-43-40-36-18-15-12-9-6-3/h11,14,16-17,19-20,22-26,30,32,34,53-55,59-60H,4-10,12-13,15,18,21,27-29,31,33,35-52H2,1-3H3,(H,58,61)/b14-11+,19-16-,20-17+,24-22+,25-23-,30-26+,34-32+. The highest BCUT2D eigenvalue weighted by atomic mass is 16.5. The zero-order chi connectivity index (χ0) is 45.9. The Hall–Kier alpha value is -2.96. The molecule has 3 N–H and O–H groups in total. The number of allylic oxidation sites excluding steroid dienone is 14. The van der Waals surface area contributed by atoms with Crippen LogP contribution in [0.2, 0.25) is 0 Å². The van der Waals surface area contributed by atoms with Crippen LogP contribution in [0.25, 0.3) is 0 Å². The van der Waals surface area contributed by atoms with Crippen molar-refractivity contribution in [2.45, 2.75) is 257 Å². The van der Waals surface area contributed by atoms with E-state index < -0.39 is 18.2 Å². The van der Waals surface area contributed by atoms with Crippen LogP contribution in [0.1, 0.15) is 239 Å². The van der Waals surface area contributed by atoms with E-state index in [4.69, 9.17) is 4.74 Å². The van der Waals surface area contributed by atoms with Crippen molar-refractivity contribution in [3.8, 4) is 0 Å². The maximum Gasteiger partial charge on any atom is 0.306 e. The molecule has 0 bridgehead atoms. The van der Waals surface area contributed by atoms with Gasteiger partial charge in [-0.3, -0.25) is 9.59 Å². The molecule has 0 aliphatic rings. The SMILES string of the molecule is CCC/C=C/C=C/C=C/C=C/C=C/CCCCCC(CC(=O)NC(CO)C(O)CCCCCCCCCCC)OC(=O)CCCCCCCCCCC/C=C\C/C=C\CCCCC. The lowest BCUT2D eigenvalue weighted by atomic mass is 10.0. The van der Waals surface area contributed by atoms with Crippen LogP contribution in [-0.4, -0.2) is 46.9 Å². The van der Waals surface area contributed by atoms with Crippen LogP contribution in [0.4, 0.5) is 0 Å². The zero-order valence-corrected chi connectivity index (χ0v) is 41.2. The van der Waals surface area contributed by atoms with Crippen LogP contribution in [0.15, 0.2) is 85.1 Å². The first kappa shape index (κ1) is 60.0. The number of carbonyl (C=O) groups is 2. The minimum Gasteiger partial charge on any atom is -0.462 e. The fraction of sp³-hybridized carbons (Fsp3) is 0.719. The number of amides is 1. The molecule has 0 aromatic carbocycles. The van der Waals surface area contributed by atoms with Gasteiger partial charge in [0, 0.05) is 6.42 Å². The number of aliphatic hydroxyl groups excluding tert-OH is 2. The second-order valence-electron chi connectivity index (χ2n) is 17.7. The Balaban J connectivity index is 4.64. The number of esters is 1. The van der Waals surface area contributed by atoms with Crippen LogP contribution in [-0.2, 0) is 14.3 Å². The minimum absolute atomic E-state index is 0.0439. The average molecular weight is 878 g/mol. The molecule has 6 nitrogen and oxygen atoms in total. The molecule has 3 atom stereocenters. The van der Waals surface area contributed by atoms with Gasteiger partial charge >= 0.3 is 5.97 Å². The van der Waals surface area contributed by atoms with E-state index in [0.717, 1.165) is 77.0 Å². The van der Waals surface area contributed by atoms with E-state index >= 15 is 0 Å². The highest BCUT2D eigenvalue weighted by Crippen LogP contribution is 2.17. The van der Waals surface area contributed by atoms with E-state index in [-0.39, 0.29) is 24.9 Å². The first-order valence-corrected chi connectivity index (χ1v) is 26.4. The summed E-state index contributed by atoms with van der Waals surface area (Å²) in [5.41, 5.74) is 0. The third kappa shape index (κ3) is 45.4. The number of aliphatic hydroxyl groups is 2. The van der Waals surface area contributed by atoms with Gasteiger partial charge in [0.1, 0.15) is 6.10 Å². The number of unbranched alkanes of at least 4 members (excludes halogenated alkanes) is 24. The first-order chi connectivity index (χ1) is 31.0. The lowest BCUT2D eigenvalue weighted by Gasteiger charge is -2.24. The molecule has 0 saturated carbocycles. The van der Waals surface area contributed by atoms with Gasteiger partial charge in [-0.2, -0.15) is 0 Å². The number of hydrogen-bond acceptors (Lipinski definition) is 5. The number of rotatable bonds is 46. The normalized spacial score (nSPS) is 13.9. The minimum atomic E-state index is -0.803. The Labute approximate surface area is 389 Å². The number of carbonyl (C=O) groups excluding carboxylic acids is 2. The molecule has 6 heteroatoms. The summed E-state index contributed by atoms with van der Waals surface area (Å²) in [4.78, 5) is 26.2. The Morgan fingerprint density at radius 2 is 0.905 bits per heavy atom. The Morgan fingerprint density at radius 1 is 0.476 bits per heavy atom. The molecule has 0 aliphatic carbocycles. The topological polar surface area (TPSA) is 95.9 Å². The summed E-state index contributed by atoms with van der Waals surface area (Å²) >= 11 is 0. The molecule has 0 aromatic rings. The molecule has 3 unspecified atom stereocenters. The highest BCUT2D eigenvalue weighted by Gasteiger charge is 2.24. The molecular weight excluding hydrogens is 779 g/mol. The van der Waals surface area contributed by atoms with Crippen molar-refractivity contribution < 1.29 is 24.5 Å². The third-order valence-electron chi connectivity index (χ3n) is 11.6. The third-order valence-corrected chi connectivity index (χ3v) is 11.6. The molecule has 63 heavy (non-hydrogen) atoms. The van der Waals surface area contributed by atoms with Crippen molar-refractivity contribution in [1.29, 1.82) is 0 Å². The fourth-order valence-electron chi connectivity index (χ4n) is 7.55. The molecule has 0 saturated heterocycles. The summed E-state index contributed by atoms with van der Waals surface area (Å²) in [5, 5.41) is 23.7. The van der Waals surface area contributed by atoms with Gasteiger partial charge in [-0.25, -0.2) is 0 Å². The average Bonchev–Trinajstić information content (AvgIpc) is 3.28. The lowest BCUT2D eigenvalue weighted by Crippen LogP contribution is -2.46. The quantitative estimate of drug-likeness (QED) is 0.0245. The molecule has 362 valence electrons. The van der Waals surface area contributed by atoms with Crippen molar-refractivity contribution in [3.63, 3.8) is 0 Å². The van der Waals surface area contributed by atoms with E-state index in [2.05, 4.69) is 74.7 Å². The van der Waals surface area contributed by atoms with Gasteiger partial charge in [-0.05, 0) is 77.0 Å². The monoisotopic (exact) mass is 878 g/mol. The molecular formula is C57H99NO5. The second kappa shape index (κ2) is 50.0. The van der Waals surface area contributed by atoms with Gasteiger partial charge in [-0.1, -0.05) is 234 Å². The van der Waals surface area contributed by atoms with Crippen LogP contribution >= 0.6 is 0 Å². The van der Waals surface area contributed by atoms with E-state index in [9.17, 15) is 19.8 Å². The van der Waals surface area contributed by atoms with E-state index in [1.165, 1.54) is 116 Å². The summed E-state index contributed by atoms with van der Waals surface area (Å²) in [6, 6.07) is -0.719. The molecule has 0 rings (SSSR count). The Kier molecular flexibility index (Phi) is 47.7. The Morgan fingerprint density at radius 3 is 1.46 bits per heavy atom. The largest absolute Gasteiger partial charge is 0.462 e. The Bertz CT molecular complexity index is 1210. The predicted octanol–water partition coefficient (Wildman–Crippen LogP) is 16.0. The molecule has 0 aliphatic heterocycles.